The van der Waals surface area contributed by atoms with Crippen LogP contribution in [0.1, 0.15) is 31.9 Å². The third kappa shape index (κ3) is 3.11. The standard InChI is InChI=1S/C14H21N3O2/c1-3-8-16(14-9-15-10-14)11(2)12-4-6-13(7-5-12)17(18)19/h4-7,11,14-15H,3,8-10H2,1-2H3. The van der Waals surface area contributed by atoms with E-state index in [9.17, 15) is 10.1 Å². The van der Waals surface area contributed by atoms with Crippen molar-refractivity contribution in [2.24, 2.45) is 0 Å². The molecule has 1 unspecified atom stereocenters. The molecule has 104 valence electrons. The van der Waals surface area contributed by atoms with Crippen molar-refractivity contribution in [2.45, 2.75) is 32.4 Å². The van der Waals surface area contributed by atoms with Crippen LogP contribution < -0.4 is 5.32 Å². The summed E-state index contributed by atoms with van der Waals surface area (Å²) in [5.74, 6) is 0. The molecule has 0 amide bonds. The number of hydrogen-bond donors (Lipinski definition) is 1. The van der Waals surface area contributed by atoms with E-state index in [2.05, 4.69) is 24.1 Å². The number of nitrogens with one attached hydrogen (secondary N) is 1. The summed E-state index contributed by atoms with van der Waals surface area (Å²) < 4.78 is 0. The summed E-state index contributed by atoms with van der Waals surface area (Å²) in [5, 5.41) is 14.0. The normalized spacial score (nSPS) is 17.2. The molecule has 1 N–H and O–H groups in total. The Kier molecular flexibility index (Phi) is 4.50. The van der Waals surface area contributed by atoms with Gasteiger partial charge in [-0.1, -0.05) is 19.1 Å². The van der Waals surface area contributed by atoms with Crippen LogP contribution in [0.3, 0.4) is 0 Å². The van der Waals surface area contributed by atoms with Crippen LogP contribution in [-0.4, -0.2) is 35.5 Å². The summed E-state index contributed by atoms with van der Waals surface area (Å²) in [6.07, 6.45) is 1.12. The smallest absolute Gasteiger partial charge is 0.269 e. The summed E-state index contributed by atoms with van der Waals surface area (Å²) >= 11 is 0. The minimum Gasteiger partial charge on any atom is -0.314 e. The Labute approximate surface area is 113 Å². The highest BCUT2D eigenvalue weighted by atomic mass is 16.6. The second-order valence-corrected chi connectivity index (χ2v) is 5.07. The summed E-state index contributed by atoms with van der Waals surface area (Å²) in [7, 11) is 0. The number of nitro benzene ring substituents is 1. The number of benzene rings is 1. The van der Waals surface area contributed by atoms with Crippen molar-refractivity contribution in [3.63, 3.8) is 0 Å². The highest BCUT2D eigenvalue weighted by Crippen LogP contribution is 2.25. The Morgan fingerprint density at radius 1 is 1.42 bits per heavy atom. The first-order valence-electron chi connectivity index (χ1n) is 6.84. The zero-order chi connectivity index (χ0) is 13.8. The maximum absolute atomic E-state index is 10.7. The van der Waals surface area contributed by atoms with E-state index in [4.69, 9.17) is 0 Å². The molecule has 0 spiro atoms. The van der Waals surface area contributed by atoms with E-state index in [1.165, 1.54) is 0 Å². The van der Waals surface area contributed by atoms with Gasteiger partial charge in [0.1, 0.15) is 0 Å². The van der Waals surface area contributed by atoms with E-state index in [1.807, 2.05) is 12.1 Å². The van der Waals surface area contributed by atoms with Crippen molar-refractivity contribution in [1.82, 2.24) is 10.2 Å². The van der Waals surface area contributed by atoms with Crippen LogP contribution in [0, 0.1) is 10.1 Å². The predicted molar refractivity (Wildman–Crippen MR) is 75.2 cm³/mol. The molecule has 1 aliphatic rings. The van der Waals surface area contributed by atoms with E-state index < -0.39 is 0 Å². The molecular weight excluding hydrogens is 242 g/mol. The summed E-state index contributed by atoms with van der Waals surface area (Å²) in [4.78, 5) is 12.8. The van der Waals surface area contributed by atoms with Crippen LogP contribution in [-0.2, 0) is 0 Å². The van der Waals surface area contributed by atoms with E-state index >= 15 is 0 Å². The van der Waals surface area contributed by atoms with Gasteiger partial charge in [-0.15, -0.1) is 0 Å². The molecule has 1 aromatic rings. The van der Waals surface area contributed by atoms with Crippen LogP contribution in [0.4, 0.5) is 5.69 Å². The number of rotatable bonds is 6. The largest absolute Gasteiger partial charge is 0.314 e. The molecule has 5 nitrogen and oxygen atoms in total. The first-order chi connectivity index (χ1) is 9.13. The second kappa shape index (κ2) is 6.12. The third-order valence-corrected chi connectivity index (χ3v) is 3.79. The highest BCUT2D eigenvalue weighted by Gasteiger charge is 2.28. The second-order valence-electron chi connectivity index (χ2n) is 5.07. The zero-order valence-corrected chi connectivity index (χ0v) is 11.5. The number of hydrogen-bond acceptors (Lipinski definition) is 4. The van der Waals surface area contributed by atoms with Gasteiger partial charge in [0.2, 0.25) is 0 Å². The van der Waals surface area contributed by atoms with E-state index in [-0.39, 0.29) is 10.6 Å². The van der Waals surface area contributed by atoms with Gasteiger partial charge in [-0.3, -0.25) is 15.0 Å². The maximum Gasteiger partial charge on any atom is 0.269 e. The lowest BCUT2D eigenvalue weighted by Gasteiger charge is -2.42. The van der Waals surface area contributed by atoms with Crippen LogP contribution in [0.15, 0.2) is 24.3 Å². The van der Waals surface area contributed by atoms with Crippen LogP contribution in [0.25, 0.3) is 0 Å². The Bertz CT molecular complexity index is 429. The average Bonchev–Trinajstić information content (AvgIpc) is 2.35. The van der Waals surface area contributed by atoms with Crippen LogP contribution >= 0.6 is 0 Å². The quantitative estimate of drug-likeness (QED) is 0.632. The Hall–Kier alpha value is -1.46. The highest BCUT2D eigenvalue weighted by molar-refractivity contribution is 5.34. The average molecular weight is 263 g/mol. The van der Waals surface area contributed by atoms with Gasteiger partial charge in [0.25, 0.3) is 5.69 Å². The van der Waals surface area contributed by atoms with Gasteiger partial charge >= 0.3 is 0 Å². The van der Waals surface area contributed by atoms with Crippen molar-refractivity contribution in [1.29, 1.82) is 0 Å². The molecule has 1 fully saturated rings. The first kappa shape index (κ1) is 14.0. The number of nitrogens with zero attached hydrogens (tertiary/aromatic N) is 2. The van der Waals surface area contributed by atoms with E-state index in [1.54, 1.807) is 12.1 Å². The SMILES string of the molecule is CCCN(C1CNC1)C(C)c1ccc([N+](=O)[O-])cc1. The van der Waals surface area contributed by atoms with Gasteiger partial charge in [0, 0.05) is 37.3 Å². The van der Waals surface area contributed by atoms with Gasteiger partial charge in [0.15, 0.2) is 0 Å². The minimum atomic E-state index is -0.353. The molecule has 1 aliphatic heterocycles. The third-order valence-electron chi connectivity index (χ3n) is 3.79. The lowest BCUT2D eigenvalue weighted by Crippen LogP contribution is -2.57. The van der Waals surface area contributed by atoms with Gasteiger partial charge in [-0.05, 0) is 25.5 Å². The fourth-order valence-corrected chi connectivity index (χ4v) is 2.52. The summed E-state index contributed by atoms with van der Waals surface area (Å²) in [6.45, 7) is 7.50. The topological polar surface area (TPSA) is 58.4 Å². The molecule has 1 saturated heterocycles. The Morgan fingerprint density at radius 3 is 2.47 bits per heavy atom. The molecule has 0 aromatic heterocycles. The maximum atomic E-state index is 10.7. The lowest BCUT2D eigenvalue weighted by molar-refractivity contribution is -0.384. The number of nitro groups is 1. The van der Waals surface area contributed by atoms with E-state index in [0.29, 0.717) is 12.1 Å². The Morgan fingerprint density at radius 2 is 2.05 bits per heavy atom. The molecule has 0 bridgehead atoms. The van der Waals surface area contributed by atoms with Gasteiger partial charge in [0.05, 0.1) is 4.92 Å². The van der Waals surface area contributed by atoms with Crippen molar-refractivity contribution < 1.29 is 4.92 Å². The molecule has 0 aliphatic carbocycles. The van der Waals surface area contributed by atoms with Gasteiger partial charge < -0.3 is 5.32 Å². The first-order valence-corrected chi connectivity index (χ1v) is 6.84. The van der Waals surface area contributed by atoms with Gasteiger partial charge in [-0.2, -0.15) is 0 Å². The fourth-order valence-electron chi connectivity index (χ4n) is 2.52. The fraction of sp³-hybridized carbons (Fsp3) is 0.571. The van der Waals surface area contributed by atoms with Crippen LogP contribution in [0.5, 0.6) is 0 Å². The molecule has 1 heterocycles. The summed E-state index contributed by atoms with van der Waals surface area (Å²) in [6, 6.07) is 7.82. The summed E-state index contributed by atoms with van der Waals surface area (Å²) in [5.41, 5.74) is 1.30. The molecular formula is C14H21N3O2. The van der Waals surface area contributed by atoms with Crippen molar-refractivity contribution in [2.75, 3.05) is 19.6 Å². The molecule has 1 atom stereocenters. The minimum absolute atomic E-state index is 0.156. The monoisotopic (exact) mass is 263 g/mol. The Balaban J connectivity index is 2.11. The van der Waals surface area contributed by atoms with E-state index in [0.717, 1.165) is 31.6 Å². The molecule has 0 saturated carbocycles. The molecule has 19 heavy (non-hydrogen) atoms. The van der Waals surface area contributed by atoms with Crippen molar-refractivity contribution >= 4 is 5.69 Å². The number of non-ortho nitro benzene ring substituents is 1. The predicted octanol–water partition coefficient (Wildman–Crippen LogP) is 2.34. The lowest BCUT2D eigenvalue weighted by atomic mass is 10.0. The zero-order valence-electron chi connectivity index (χ0n) is 11.5. The van der Waals surface area contributed by atoms with Crippen molar-refractivity contribution in [3.05, 3.63) is 39.9 Å². The van der Waals surface area contributed by atoms with Gasteiger partial charge in [-0.25, -0.2) is 0 Å². The van der Waals surface area contributed by atoms with Crippen LogP contribution in [0.2, 0.25) is 0 Å². The molecule has 1 aromatic carbocycles. The molecule has 5 heteroatoms. The van der Waals surface area contributed by atoms with Crippen molar-refractivity contribution in [3.8, 4) is 0 Å². The molecule has 0 radical (unpaired) electrons. The molecule has 2 rings (SSSR count).